The first-order chi connectivity index (χ1) is 9.93. The van der Waals surface area contributed by atoms with Gasteiger partial charge in [-0.2, -0.15) is 0 Å². The molecule has 2 atom stereocenters. The summed E-state index contributed by atoms with van der Waals surface area (Å²) < 4.78 is 13.2. The molecule has 118 valence electrons. The van der Waals surface area contributed by atoms with Crippen LogP contribution in [0.4, 0.5) is 0 Å². The van der Waals surface area contributed by atoms with Crippen LogP contribution in [0.1, 0.15) is 66.2 Å². The SMILES string of the molecule is CC[C@@]1(C(C)C)OC(c2ccccc2)O[C@@]1(CC)C(C)C. The molecule has 0 aliphatic carbocycles. The van der Waals surface area contributed by atoms with E-state index >= 15 is 0 Å². The average molecular weight is 290 g/mol. The van der Waals surface area contributed by atoms with Gasteiger partial charge in [-0.05, 0) is 24.7 Å². The monoisotopic (exact) mass is 290 g/mol. The molecule has 0 amide bonds. The Hall–Kier alpha value is -0.860. The Bertz CT molecular complexity index is 430. The highest BCUT2D eigenvalue weighted by atomic mass is 16.7. The van der Waals surface area contributed by atoms with Crippen LogP contribution < -0.4 is 0 Å². The van der Waals surface area contributed by atoms with Crippen molar-refractivity contribution in [1.82, 2.24) is 0 Å². The van der Waals surface area contributed by atoms with E-state index in [-0.39, 0.29) is 17.5 Å². The van der Waals surface area contributed by atoms with E-state index in [2.05, 4.69) is 53.7 Å². The molecule has 1 saturated heterocycles. The van der Waals surface area contributed by atoms with E-state index in [0.717, 1.165) is 18.4 Å². The lowest BCUT2D eigenvalue weighted by Gasteiger charge is -2.47. The summed E-state index contributed by atoms with van der Waals surface area (Å²) in [5.41, 5.74) is 0.666. The van der Waals surface area contributed by atoms with E-state index in [1.165, 1.54) is 0 Å². The zero-order chi connectivity index (χ0) is 15.7. The van der Waals surface area contributed by atoms with Gasteiger partial charge in [-0.25, -0.2) is 0 Å². The highest BCUT2D eigenvalue weighted by molar-refractivity contribution is 5.20. The second-order valence-electron chi connectivity index (χ2n) is 6.77. The maximum absolute atomic E-state index is 6.59. The summed E-state index contributed by atoms with van der Waals surface area (Å²) in [7, 11) is 0. The molecule has 1 aliphatic rings. The molecule has 0 N–H and O–H groups in total. The maximum atomic E-state index is 6.59. The van der Waals surface area contributed by atoms with Crippen molar-refractivity contribution in [3.63, 3.8) is 0 Å². The molecular weight excluding hydrogens is 260 g/mol. The standard InChI is InChI=1S/C19H30O2/c1-7-18(14(3)4)19(8-2,15(5)6)21-17(20-18)16-12-10-9-11-13-16/h9-15,17H,7-8H2,1-6H3/t18-,19-/m0/s1. The topological polar surface area (TPSA) is 18.5 Å². The van der Waals surface area contributed by atoms with Crippen LogP contribution in [0.5, 0.6) is 0 Å². The fourth-order valence-corrected chi connectivity index (χ4v) is 4.18. The number of benzene rings is 1. The van der Waals surface area contributed by atoms with Gasteiger partial charge in [0.1, 0.15) is 11.2 Å². The van der Waals surface area contributed by atoms with Gasteiger partial charge >= 0.3 is 0 Å². The quantitative estimate of drug-likeness (QED) is 0.728. The van der Waals surface area contributed by atoms with Crippen molar-refractivity contribution in [2.24, 2.45) is 11.8 Å². The van der Waals surface area contributed by atoms with Crippen LogP contribution in [0, 0.1) is 11.8 Å². The molecule has 1 aliphatic heterocycles. The molecule has 0 unspecified atom stereocenters. The summed E-state index contributed by atoms with van der Waals surface area (Å²) >= 11 is 0. The third-order valence-corrected chi connectivity index (χ3v) is 5.34. The Morgan fingerprint density at radius 3 is 1.62 bits per heavy atom. The third-order valence-electron chi connectivity index (χ3n) is 5.34. The average Bonchev–Trinajstić information content (AvgIpc) is 2.85. The molecule has 0 radical (unpaired) electrons. The fourth-order valence-electron chi connectivity index (χ4n) is 4.18. The Labute approximate surface area is 129 Å². The molecule has 0 spiro atoms. The first-order valence-corrected chi connectivity index (χ1v) is 8.34. The van der Waals surface area contributed by atoms with E-state index in [1.807, 2.05) is 18.2 Å². The Morgan fingerprint density at radius 1 is 0.857 bits per heavy atom. The van der Waals surface area contributed by atoms with Gasteiger partial charge in [0.25, 0.3) is 0 Å². The van der Waals surface area contributed by atoms with E-state index in [4.69, 9.17) is 9.47 Å². The summed E-state index contributed by atoms with van der Waals surface area (Å²) in [4.78, 5) is 0. The van der Waals surface area contributed by atoms with Gasteiger partial charge in [0, 0.05) is 5.56 Å². The summed E-state index contributed by atoms with van der Waals surface area (Å²) in [6.07, 6.45) is 1.69. The first-order valence-electron chi connectivity index (χ1n) is 8.34. The zero-order valence-electron chi connectivity index (χ0n) is 14.3. The number of rotatable bonds is 5. The lowest BCUT2D eigenvalue weighted by Crippen LogP contribution is -2.57. The van der Waals surface area contributed by atoms with Crippen molar-refractivity contribution in [2.75, 3.05) is 0 Å². The Kier molecular flexibility index (Phi) is 4.79. The molecule has 1 aromatic rings. The first kappa shape index (κ1) is 16.5. The van der Waals surface area contributed by atoms with Crippen LogP contribution >= 0.6 is 0 Å². The predicted octanol–water partition coefficient (Wildman–Crippen LogP) is 5.34. The molecule has 1 aromatic carbocycles. The molecule has 1 heterocycles. The van der Waals surface area contributed by atoms with Crippen LogP contribution in [0.25, 0.3) is 0 Å². The van der Waals surface area contributed by atoms with E-state index < -0.39 is 0 Å². The molecule has 2 heteroatoms. The van der Waals surface area contributed by atoms with Crippen LogP contribution in [0.3, 0.4) is 0 Å². The van der Waals surface area contributed by atoms with E-state index in [1.54, 1.807) is 0 Å². The molecule has 1 fully saturated rings. The van der Waals surface area contributed by atoms with Crippen LogP contribution in [0.15, 0.2) is 30.3 Å². The van der Waals surface area contributed by atoms with Gasteiger partial charge in [-0.1, -0.05) is 71.9 Å². The smallest absolute Gasteiger partial charge is 0.185 e. The van der Waals surface area contributed by atoms with Crippen molar-refractivity contribution in [2.45, 2.75) is 71.9 Å². The van der Waals surface area contributed by atoms with Gasteiger partial charge in [-0.3, -0.25) is 0 Å². The molecule has 2 rings (SSSR count). The lowest BCUT2D eigenvalue weighted by molar-refractivity contribution is -0.112. The van der Waals surface area contributed by atoms with Gasteiger partial charge in [-0.15, -0.1) is 0 Å². The fraction of sp³-hybridized carbons (Fsp3) is 0.684. The van der Waals surface area contributed by atoms with Crippen LogP contribution in [-0.2, 0) is 9.47 Å². The molecule has 0 bridgehead atoms. The highest BCUT2D eigenvalue weighted by Gasteiger charge is 2.61. The summed E-state index contributed by atoms with van der Waals surface area (Å²) in [5, 5.41) is 0. The van der Waals surface area contributed by atoms with Crippen molar-refractivity contribution in [3.05, 3.63) is 35.9 Å². The highest BCUT2D eigenvalue weighted by Crippen LogP contribution is 2.55. The Balaban J connectivity index is 2.47. The number of hydrogen-bond acceptors (Lipinski definition) is 2. The Morgan fingerprint density at radius 2 is 1.29 bits per heavy atom. The summed E-state index contributed by atoms with van der Waals surface area (Å²) in [6.45, 7) is 13.5. The summed E-state index contributed by atoms with van der Waals surface area (Å²) in [6, 6.07) is 10.3. The van der Waals surface area contributed by atoms with Gasteiger partial charge in [0.05, 0.1) is 0 Å². The molecule has 2 nitrogen and oxygen atoms in total. The van der Waals surface area contributed by atoms with Gasteiger partial charge in [0.15, 0.2) is 6.29 Å². The van der Waals surface area contributed by atoms with Crippen LogP contribution in [0.2, 0.25) is 0 Å². The minimum Gasteiger partial charge on any atom is -0.339 e. The summed E-state index contributed by atoms with van der Waals surface area (Å²) in [5.74, 6) is 0.831. The van der Waals surface area contributed by atoms with Gasteiger partial charge < -0.3 is 9.47 Å². The molecule has 0 saturated carbocycles. The van der Waals surface area contributed by atoms with E-state index in [9.17, 15) is 0 Å². The molecule has 21 heavy (non-hydrogen) atoms. The minimum atomic E-state index is -0.254. The van der Waals surface area contributed by atoms with Crippen molar-refractivity contribution in [3.8, 4) is 0 Å². The second kappa shape index (κ2) is 6.10. The largest absolute Gasteiger partial charge is 0.339 e. The molecule has 0 aromatic heterocycles. The van der Waals surface area contributed by atoms with Gasteiger partial charge in [0.2, 0.25) is 0 Å². The normalized spacial score (nSPS) is 30.5. The predicted molar refractivity (Wildman–Crippen MR) is 87.1 cm³/mol. The van der Waals surface area contributed by atoms with Crippen molar-refractivity contribution >= 4 is 0 Å². The second-order valence-corrected chi connectivity index (χ2v) is 6.77. The number of hydrogen-bond donors (Lipinski definition) is 0. The zero-order valence-corrected chi connectivity index (χ0v) is 14.3. The number of ether oxygens (including phenoxy) is 2. The third kappa shape index (κ3) is 2.43. The van der Waals surface area contributed by atoms with Crippen LogP contribution in [-0.4, -0.2) is 11.2 Å². The van der Waals surface area contributed by atoms with E-state index in [0.29, 0.717) is 11.8 Å². The van der Waals surface area contributed by atoms with Crippen molar-refractivity contribution < 1.29 is 9.47 Å². The lowest BCUT2D eigenvalue weighted by atomic mass is 9.67. The van der Waals surface area contributed by atoms with Crippen molar-refractivity contribution in [1.29, 1.82) is 0 Å². The molecular formula is C19H30O2. The minimum absolute atomic E-state index is 0.226. The maximum Gasteiger partial charge on any atom is 0.185 e.